The smallest absolute Gasteiger partial charge is 0.338 e. The fourth-order valence-electron chi connectivity index (χ4n) is 5.06. The number of nitrogens with zero attached hydrogens (tertiary/aromatic N) is 3. The Morgan fingerprint density at radius 1 is 1.21 bits per heavy atom. The maximum Gasteiger partial charge on any atom is 0.338 e. The molecule has 0 spiro atoms. The summed E-state index contributed by atoms with van der Waals surface area (Å²) in [6.07, 6.45) is 1.58. The molecule has 2 aliphatic rings. The summed E-state index contributed by atoms with van der Waals surface area (Å²) >= 11 is 6.27. The molecule has 1 saturated heterocycles. The lowest BCUT2D eigenvalue weighted by Gasteiger charge is -2.43. The van der Waals surface area contributed by atoms with Crippen LogP contribution in [0, 0.1) is 5.82 Å². The molecule has 2 aromatic rings. The highest BCUT2D eigenvalue weighted by atomic mass is 35.5. The maximum atomic E-state index is 14.1. The zero-order chi connectivity index (χ0) is 28.1. The number of benzene rings is 2. The lowest BCUT2D eigenvalue weighted by atomic mass is 9.93. The number of amides is 3. The quantitative estimate of drug-likeness (QED) is 0.386. The van der Waals surface area contributed by atoms with Crippen LogP contribution in [0.5, 0.6) is 0 Å². The van der Waals surface area contributed by atoms with Gasteiger partial charge in [0.05, 0.1) is 28.8 Å². The highest BCUT2D eigenvalue weighted by molar-refractivity contribution is 6.33. The van der Waals surface area contributed by atoms with Crippen molar-refractivity contribution in [1.82, 2.24) is 20.0 Å². The predicted octanol–water partition coefficient (Wildman–Crippen LogP) is 4.40. The number of hydrogen-bond acceptors (Lipinski definition) is 5. The molecule has 2 unspecified atom stereocenters. The normalized spacial score (nSPS) is 20.1. The van der Waals surface area contributed by atoms with Gasteiger partial charge in [0.25, 0.3) is 5.91 Å². The monoisotopic (exact) mass is 554 g/mol. The third kappa shape index (κ3) is 6.15. The van der Waals surface area contributed by atoms with Crippen LogP contribution in [0.2, 0.25) is 5.02 Å². The minimum Gasteiger partial charge on any atom is -0.463 e. The van der Waals surface area contributed by atoms with E-state index < -0.39 is 23.9 Å². The van der Waals surface area contributed by atoms with Crippen molar-refractivity contribution in [2.24, 2.45) is 0 Å². The van der Waals surface area contributed by atoms with Crippen molar-refractivity contribution >= 4 is 29.5 Å². The number of urea groups is 1. The molecule has 0 aromatic heterocycles. The van der Waals surface area contributed by atoms with Gasteiger partial charge < -0.3 is 15.0 Å². The van der Waals surface area contributed by atoms with E-state index in [9.17, 15) is 18.8 Å². The van der Waals surface area contributed by atoms with Crippen LogP contribution in [0.4, 0.5) is 9.18 Å². The van der Waals surface area contributed by atoms with Gasteiger partial charge in [-0.15, -0.1) is 6.58 Å². The zero-order valence-corrected chi connectivity index (χ0v) is 22.8. The van der Waals surface area contributed by atoms with Crippen molar-refractivity contribution in [1.29, 1.82) is 0 Å². The molecule has 0 bridgehead atoms. The molecule has 0 aliphatic carbocycles. The molecule has 1 N–H and O–H groups in total. The second kappa shape index (κ2) is 12.4. The standard InChI is InChI=1S/C29H32ClFN4O4/c1-4-13-35-24(18-33-14-15-34(19(3)17-33)27(36)22-11-6-7-12-23(22)30)25(28(37)39-5-2)26(32-29(35)38)20-9-8-10-21(31)16-20/h4,6-12,16,19,26H,1,5,13-15,17-18H2,2-3H3,(H,32,38). The number of halogens is 2. The van der Waals surface area contributed by atoms with Crippen molar-refractivity contribution in [2.45, 2.75) is 25.9 Å². The van der Waals surface area contributed by atoms with E-state index in [1.807, 2.05) is 6.92 Å². The third-order valence-corrected chi connectivity index (χ3v) is 7.21. The van der Waals surface area contributed by atoms with Gasteiger partial charge in [0.15, 0.2) is 0 Å². The minimum atomic E-state index is -0.885. The van der Waals surface area contributed by atoms with Crippen LogP contribution < -0.4 is 5.32 Å². The Bertz CT molecular complexity index is 1300. The zero-order valence-electron chi connectivity index (χ0n) is 22.0. The first-order valence-electron chi connectivity index (χ1n) is 12.9. The van der Waals surface area contributed by atoms with Crippen LogP contribution in [0.3, 0.4) is 0 Å². The molecule has 1 fully saturated rings. The van der Waals surface area contributed by atoms with Crippen molar-refractivity contribution in [3.63, 3.8) is 0 Å². The molecule has 2 heterocycles. The molecular formula is C29H32ClFN4O4. The van der Waals surface area contributed by atoms with E-state index in [1.54, 1.807) is 48.2 Å². The molecule has 2 aromatic carbocycles. The molecule has 0 saturated carbocycles. The molecular weight excluding hydrogens is 523 g/mol. The molecule has 4 rings (SSSR count). The Morgan fingerprint density at radius 3 is 2.64 bits per heavy atom. The lowest BCUT2D eigenvalue weighted by Crippen LogP contribution is -2.56. The number of carbonyl (C=O) groups excluding carboxylic acids is 3. The van der Waals surface area contributed by atoms with E-state index in [4.69, 9.17) is 16.3 Å². The van der Waals surface area contributed by atoms with Gasteiger partial charge in [-0.1, -0.05) is 41.9 Å². The van der Waals surface area contributed by atoms with Gasteiger partial charge >= 0.3 is 12.0 Å². The van der Waals surface area contributed by atoms with Gasteiger partial charge in [-0.2, -0.15) is 0 Å². The highest BCUT2D eigenvalue weighted by Crippen LogP contribution is 2.33. The summed E-state index contributed by atoms with van der Waals surface area (Å²) in [5.41, 5.74) is 1.59. The molecule has 206 valence electrons. The number of rotatable bonds is 8. The van der Waals surface area contributed by atoms with Crippen molar-refractivity contribution in [2.75, 3.05) is 39.3 Å². The van der Waals surface area contributed by atoms with Crippen LogP contribution in [0.25, 0.3) is 0 Å². The van der Waals surface area contributed by atoms with Gasteiger partial charge in [0.1, 0.15) is 5.82 Å². The number of nitrogens with one attached hydrogen (secondary N) is 1. The van der Waals surface area contributed by atoms with Crippen molar-refractivity contribution < 1.29 is 23.5 Å². The molecule has 3 amide bonds. The Labute approximate surface area is 232 Å². The molecule has 2 aliphatic heterocycles. The van der Waals surface area contributed by atoms with E-state index in [2.05, 4.69) is 16.8 Å². The number of ether oxygens (including phenoxy) is 1. The van der Waals surface area contributed by atoms with E-state index in [1.165, 1.54) is 23.1 Å². The first-order chi connectivity index (χ1) is 18.7. The Hall–Kier alpha value is -3.69. The highest BCUT2D eigenvalue weighted by Gasteiger charge is 2.39. The van der Waals surface area contributed by atoms with Gasteiger partial charge in [0, 0.05) is 44.5 Å². The average Bonchev–Trinajstić information content (AvgIpc) is 2.90. The number of piperazine rings is 1. The van der Waals surface area contributed by atoms with Crippen LogP contribution in [-0.4, -0.2) is 78.0 Å². The first-order valence-corrected chi connectivity index (χ1v) is 13.2. The summed E-state index contributed by atoms with van der Waals surface area (Å²) in [5, 5.41) is 3.24. The summed E-state index contributed by atoms with van der Waals surface area (Å²) in [6, 6.07) is 11.3. The Morgan fingerprint density at radius 2 is 1.97 bits per heavy atom. The van der Waals surface area contributed by atoms with Gasteiger partial charge in [0.2, 0.25) is 0 Å². The van der Waals surface area contributed by atoms with Crippen LogP contribution in [0.1, 0.15) is 35.8 Å². The lowest BCUT2D eigenvalue weighted by molar-refractivity contribution is -0.139. The average molecular weight is 555 g/mol. The van der Waals surface area contributed by atoms with E-state index in [-0.39, 0.29) is 37.2 Å². The first kappa shape index (κ1) is 28.3. The van der Waals surface area contributed by atoms with E-state index >= 15 is 0 Å². The van der Waals surface area contributed by atoms with E-state index in [0.29, 0.717) is 41.5 Å². The van der Waals surface area contributed by atoms with Gasteiger partial charge in [-0.3, -0.25) is 14.6 Å². The third-order valence-electron chi connectivity index (χ3n) is 6.88. The summed E-state index contributed by atoms with van der Waals surface area (Å²) < 4.78 is 19.5. The van der Waals surface area contributed by atoms with E-state index in [0.717, 1.165) is 0 Å². The fourth-order valence-corrected chi connectivity index (χ4v) is 5.28. The van der Waals surface area contributed by atoms with Crippen molar-refractivity contribution in [3.05, 3.63) is 94.4 Å². The second-order valence-corrected chi connectivity index (χ2v) is 9.89. The molecule has 8 nitrogen and oxygen atoms in total. The Kier molecular flexibility index (Phi) is 9.04. The summed E-state index contributed by atoms with van der Waals surface area (Å²) in [5.74, 6) is -1.21. The van der Waals surface area contributed by atoms with Crippen LogP contribution >= 0.6 is 11.6 Å². The largest absolute Gasteiger partial charge is 0.463 e. The van der Waals surface area contributed by atoms with Crippen LogP contribution in [0.15, 0.2) is 72.5 Å². The number of carbonyl (C=O) groups is 3. The molecule has 10 heteroatoms. The van der Waals surface area contributed by atoms with Crippen molar-refractivity contribution in [3.8, 4) is 0 Å². The number of hydrogen-bond donors (Lipinski definition) is 1. The van der Waals surface area contributed by atoms with Gasteiger partial charge in [-0.25, -0.2) is 14.0 Å². The summed E-state index contributed by atoms with van der Waals surface area (Å²) in [6.45, 7) is 9.43. The van der Waals surface area contributed by atoms with Gasteiger partial charge in [-0.05, 0) is 43.7 Å². The summed E-state index contributed by atoms with van der Waals surface area (Å²) in [4.78, 5) is 45.1. The Balaban J connectivity index is 1.66. The second-order valence-electron chi connectivity index (χ2n) is 9.48. The topological polar surface area (TPSA) is 82.2 Å². The SMILES string of the molecule is C=CCN1C(=O)NC(c2cccc(F)c2)C(C(=O)OCC)=C1CN1CCN(C(=O)c2ccccc2Cl)C(C)C1. The molecule has 0 radical (unpaired) electrons. The number of esters is 1. The molecule has 39 heavy (non-hydrogen) atoms. The molecule has 2 atom stereocenters. The minimum absolute atomic E-state index is 0.140. The summed E-state index contributed by atoms with van der Waals surface area (Å²) in [7, 11) is 0. The predicted molar refractivity (Wildman–Crippen MR) is 147 cm³/mol. The fraction of sp³-hybridized carbons (Fsp3) is 0.345. The maximum absolute atomic E-state index is 14.1. The van der Waals surface area contributed by atoms with Crippen LogP contribution in [-0.2, 0) is 9.53 Å².